The van der Waals surface area contributed by atoms with E-state index in [2.05, 4.69) is 43.7 Å². The van der Waals surface area contributed by atoms with Crippen LogP contribution >= 0.6 is 0 Å². The second kappa shape index (κ2) is 6.58. The molecule has 0 aliphatic carbocycles. The summed E-state index contributed by atoms with van der Waals surface area (Å²) in [6.07, 6.45) is 2.72. The van der Waals surface area contributed by atoms with Gasteiger partial charge in [0, 0.05) is 6.54 Å². The normalized spacial score (nSPS) is 13.9. The standard InChI is InChI=1S/C8H21N3/c1-5-7-9-10-8(6-2)11(3)4/h8-10H,5-7H2,1-4H3. The molecule has 1 atom stereocenters. The molecule has 0 rings (SSSR count). The minimum absolute atomic E-state index is 0.446. The van der Waals surface area contributed by atoms with Crippen LogP contribution in [0.1, 0.15) is 26.7 Å². The molecule has 3 nitrogen and oxygen atoms in total. The van der Waals surface area contributed by atoms with Gasteiger partial charge in [-0.2, -0.15) is 0 Å². The van der Waals surface area contributed by atoms with E-state index in [1.165, 1.54) is 0 Å². The van der Waals surface area contributed by atoms with Crippen LogP contribution in [0.2, 0.25) is 0 Å². The van der Waals surface area contributed by atoms with Crippen LogP contribution in [0.15, 0.2) is 0 Å². The third kappa shape index (κ3) is 5.18. The van der Waals surface area contributed by atoms with Crippen molar-refractivity contribution in [3.05, 3.63) is 0 Å². The molecule has 0 heterocycles. The summed E-state index contributed by atoms with van der Waals surface area (Å²) in [7, 11) is 4.16. The van der Waals surface area contributed by atoms with Crippen molar-refractivity contribution in [2.24, 2.45) is 0 Å². The summed E-state index contributed by atoms with van der Waals surface area (Å²) in [5.74, 6) is 0. The molecule has 11 heavy (non-hydrogen) atoms. The van der Waals surface area contributed by atoms with Crippen molar-refractivity contribution in [3.63, 3.8) is 0 Å². The van der Waals surface area contributed by atoms with E-state index in [9.17, 15) is 0 Å². The first-order chi connectivity index (χ1) is 5.22. The molecule has 0 aliphatic rings. The largest absolute Gasteiger partial charge is 0.293 e. The zero-order valence-electron chi connectivity index (χ0n) is 8.15. The average Bonchev–Trinajstić information content (AvgIpc) is 1.97. The van der Waals surface area contributed by atoms with Crippen LogP contribution in [0.4, 0.5) is 0 Å². The molecule has 1 unspecified atom stereocenters. The zero-order valence-corrected chi connectivity index (χ0v) is 8.15. The molecule has 0 saturated carbocycles. The predicted octanol–water partition coefficient (Wildman–Crippen LogP) is 0.788. The molecule has 0 fully saturated rings. The van der Waals surface area contributed by atoms with Gasteiger partial charge in [0.25, 0.3) is 0 Å². The third-order valence-corrected chi connectivity index (χ3v) is 1.65. The zero-order chi connectivity index (χ0) is 8.69. The molecule has 0 saturated heterocycles. The first-order valence-electron chi connectivity index (χ1n) is 4.37. The maximum atomic E-state index is 3.25. The molecule has 0 radical (unpaired) electrons. The Morgan fingerprint density at radius 3 is 2.27 bits per heavy atom. The molecule has 0 aromatic heterocycles. The second-order valence-corrected chi connectivity index (χ2v) is 2.96. The van der Waals surface area contributed by atoms with Crippen LogP contribution in [0.25, 0.3) is 0 Å². The van der Waals surface area contributed by atoms with Gasteiger partial charge in [-0.3, -0.25) is 10.3 Å². The number of nitrogens with zero attached hydrogens (tertiary/aromatic N) is 1. The minimum Gasteiger partial charge on any atom is -0.293 e. The second-order valence-electron chi connectivity index (χ2n) is 2.96. The number of nitrogens with one attached hydrogen (secondary N) is 2. The van der Waals surface area contributed by atoms with Gasteiger partial charge in [0.1, 0.15) is 0 Å². The Bertz CT molecular complexity index is 83.4. The monoisotopic (exact) mass is 159 g/mol. The van der Waals surface area contributed by atoms with Gasteiger partial charge in [-0.15, -0.1) is 0 Å². The fraction of sp³-hybridized carbons (Fsp3) is 1.00. The Morgan fingerprint density at radius 2 is 1.91 bits per heavy atom. The number of rotatable bonds is 6. The lowest BCUT2D eigenvalue weighted by atomic mass is 10.4. The summed E-state index contributed by atoms with van der Waals surface area (Å²) in [4.78, 5) is 2.17. The summed E-state index contributed by atoms with van der Waals surface area (Å²) in [6, 6.07) is 0. The van der Waals surface area contributed by atoms with Crippen LogP contribution in [-0.2, 0) is 0 Å². The fourth-order valence-corrected chi connectivity index (χ4v) is 0.911. The third-order valence-electron chi connectivity index (χ3n) is 1.65. The summed E-state index contributed by atoms with van der Waals surface area (Å²) < 4.78 is 0. The van der Waals surface area contributed by atoms with Crippen molar-refractivity contribution in [2.75, 3.05) is 20.6 Å². The number of hydrogen-bond acceptors (Lipinski definition) is 3. The molecule has 0 aromatic carbocycles. The highest BCUT2D eigenvalue weighted by Crippen LogP contribution is 1.91. The highest BCUT2D eigenvalue weighted by molar-refractivity contribution is 4.57. The molecule has 2 N–H and O–H groups in total. The van der Waals surface area contributed by atoms with E-state index < -0.39 is 0 Å². The summed E-state index contributed by atoms with van der Waals surface area (Å²) in [5, 5.41) is 0. The first kappa shape index (κ1) is 10.9. The van der Waals surface area contributed by atoms with E-state index >= 15 is 0 Å². The van der Waals surface area contributed by atoms with Gasteiger partial charge in [0.15, 0.2) is 0 Å². The molecule has 68 valence electrons. The van der Waals surface area contributed by atoms with E-state index in [-0.39, 0.29) is 0 Å². The van der Waals surface area contributed by atoms with Crippen molar-refractivity contribution < 1.29 is 0 Å². The predicted molar refractivity (Wildman–Crippen MR) is 49.2 cm³/mol. The quantitative estimate of drug-likeness (QED) is 0.341. The number of hydrazine groups is 1. The van der Waals surface area contributed by atoms with Crippen molar-refractivity contribution in [3.8, 4) is 0 Å². The Morgan fingerprint density at radius 1 is 1.27 bits per heavy atom. The average molecular weight is 159 g/mol. The van der Waals surface area contributed by atoms with Crippen molar-refractivity contribution >= 4 is 0 Å². The molecular weight excluding hydrogens is 138 g/mol. The van der Waals surface area contributed by atoms with Crippen LogP contribution in [0.3, 0.4) is 0 Å². The van der Waals surface area contributed by atoms with Crippen LogP contribution in [0.5, 0.6) is 0 Å². The molecule has 0 spiro atoms. The van der Waals surface area contributed by atoms with Crippen molar-refractivity contribution in [2.45, 2.75) is 32.9 Å². The van der Waals surface area contributed by atoms with Crippen molar-refractivity contribution in [1.82, 2.24) is 15.8 Å². The van der Waals surface area contributed by atoms with Gasteiger partial charge in [-0.25, -0.2) is 5.43 Å². The lowest BCUT2D eigenvalue weighted by Gasteiger charge is -2.24. The summed E-state index contributed by atoms with van der Waals surface area (Å²) in [6.45, 7) is 5.36. The highest BCUT2D eigenvalue weighted by atomic mass is 15.4. The van der Waals surface area contributed by atoms with Gasteiger partial charge in [0.05, 0.1) is 6.17 Å². The SMILES string of the molecule is CCCNNC(CC)N(C)C. The maximum absolute atomic E-state index is 3.25. The van der Waals surface area contributed by atoms with E-state index in [1.54, 1.807) is 0 Å². The van der Waals surface area contributed by atoms with Gasteiger partial charge in [-0.05, 0) is 26.9 Å². The molecule has 0 aromatic rings. The first-order valence-corrected chi connectivity index (χ1v) is 4.37. The maximum Gasteiger partial charge on any atom is 0.0721 e. The molecule has 0 aliphatic heterocycles. The minimum atomic E-state index is 0.446. The smallest absolute Gasteiger partial charge is 0.0721 e. The van der Waals surface area contributed by atoms with Crippen LogP contribution < -0.4 is 10.9 Å². The Balaban J connectivity index is 3.36. The van der Waals surface area contributed by atoms with Gasteiger partial charge >= 0.3 is 0 Å². The molecule has 0 amide bonds. The Kier molecular flexibility index (Phi) is 6.51. The molecular formula is C8H21N3. The lowest BCUT2D eigenvalue weighted by molar-refractivity contribution is 0.214. The van der Waals surface area contributed by atoms with Crippen LogP contribution in [0, 0.1) is 0 Å². The van der Waals surface area contributed by atoms with Gasteiger partial charge < -0.3 is 0 Å². The topological polar surface area (TPSA) is 27.3 Å². The summed E-state index contributed by atoms with van der Waals surface area (Å²) in [5.41, 5.74) is 6.42. The summed E-state index contributed by atoms with van der Waals surface area (Å²) >= 11 is 0. The molecule has 0 bridgehead atoms. The van der Waals surface area contributed by atoms with Crippen molar-refractivity contribution in [1.29, 1.82) is 0 Å². The van der Waals surface area contributed by atoms with E-state index in [4.69, 9.17) is 0 Å². The highest BCUT2D eigenvalue weighted by Gasteiger charge is 2.05. The van der Waals surface area contributed by atoms with Crippen LogP contribution in [-0.4, -0.2) is 31.7 Å². The Hall–Kier alpha value is -0.120. The Labute approximate surface area is 70.1 Å². The van der Waals surface area contributed by atoms with Gasteiger partial charge in [0.2, 0.25) is 0 Å². The fourth-order valence-electron chi connectivity index (χ4n) is 0.911. The van der Waals surface area contributed by atoms with E-state index in [0.717, 1.165) is 19.4 Å². The van der Waals surface area contributed by atoms with E-state index in [0.29, 0.717) is 6.17 Å². The molecule has 3 heteroatoms. The lowest BCUT2D eigenvalue weighted by Crippen LogP contribution is -2.48. The number of hydrogen-bond donors (Lipinski definition) is 2. The van der Waals surface area contributed by atoms with Gasteiger partial charge in [-0.1, -0.05) is 13.8 Å². The van der Waals surface area contributed by atoms with E-state index in [1.807, 2.05) is 0 Å².